The molecule has 0 aromatic rings. The molecule has 104 valence electrons. The summed E-state index contributed by atoms with van der Waals surface area (Å²) in [6.07, 6.45) is 9.38. The first kappa shape index (κ1) is 13.9. The molecule has 3 heteroatoms. The van der Waals surface area contributed by atoms with Crippen LogP contribution in [0.25, 0.3) is 0 Å². The van der Waals surface area contributed by atoms with Gasteiger partial charge >= 0.3 is 0 Å². The summed E-state index contributed by atoms with van der Waals surface area (Å²) in [6.45, 7) is 3.88. The normalized spacial score (nSPS) is 30.6. The van der Waals surface area contributed by atoms with Crippen LogP contribution in [-0.2, 0) is 4.79 Å². The standard InChI is InChI=1S/C15H28N2O/c1-12-3-5-13(6-4-12)10-17-14(18)9-15(11-16)7-2-8-15/h12-13H,2-11,16H2,1H3,(H,17,18). The van der Waals surface area contributed by atoms with Gasteiger partial charge in [0, 0.05) is 13.0 Å². The Morgan fingerprint density at radius 2 is 1.94 bits per heavy atom. The van der Waals surface area contributed by atoms with E-state index in [0.717, 1.165) is 25.3 Å². The van der Waals surface area contributed by atoms with Gasteiger partial charge in [-0.15, -0.1) is 0 Å². The van der Waals surface area contributed by atoms with E-state index in [1.807, 2.05) is 0 Å². The van der Waals surface area contributed by atoms with Crippen LogP contribution in [0.1, 0.15) is 58.3 Å². The summed E-state index contributed by atoms with van der Waals surface area (Å²) in [7, 11) is 0. The van der Waals surface area contributed by atoms with Crippen LogP contribution >= 0.6 is 0 Å². The smallest absolute Gasteiger partial charge is 0.220 e. The lowest BCUT2D eigenvalue weighted by molar-refractivity contribution is -0.125. The third kappa shape index (κ3) is 3.47. The van der Waals surface area contributed by atoms with E-state index in [4.69, 9.17) is 5.73 Å². The zero-order valence-corrected chi connectivity index (χ0v) is 11.7. The summed E-state index contributed by atoms with van der Waals surface area (Å²) in [6, 6.07) is 0. The predicted molar refractivity (Wildman–Crippen MR) is 74.1 cm³/mol. The van der Waals surface area contributed by atoms with Crippen LogP contribution in [0.4, 0.5) is 0 Å². The van der Waals surface area contributed by atoms with Crippen LogP contribution < -0.4 is 11.1 Å². The van der Waals surface area contributed by atoms with E-state index in [1.165, 1.54) is 32.1 Å². The van der Waals surface area contributed by atoms with Crippen molar-refractivity contribution in [3.63, 3.8) is 0 Å². The van der Waals surface area contributed by atoms with Gasteiger partial charge in [-0.3, -0.25) is 4.79 Å². The SMILES string of the molecule is CC1CCC(CNC(=O)CC2(CN)CCC2)CC1. The summed E-state index contributed by atoms with van der Waals surface area (Å²) in [5.74, 6) is 1.81. The fraction of sp³-hybridized carbons (Fsp3) is 0.933. The molecule has 2 aliphatic rings. The summed E-state index contributed by atoms with van der Waals surface area (Å²) in [5.41, 5.74) is 5.94. The third-order valence-corrected chi connectivity index (χ3v) is 5.11. The maximum absolute atomic E-state index is 12.0. The van der Waals surface area contributed by atoms with Crippen LogP contribution in [0.5, 0.6) is 0 Å². The maximum atomic E-state index is 12.0. The van der Waals surface area contributed by atoms with Gasteiger partial charge in [0.1, 0.15) is 0 Å². The van der Waals surface area contributed by atoms with Crippen molar-refractivity contribution in [3.05, 3.63) is 0 Å². The molecule has 1 amide bonds. The van der Waals surface area contributed by atoms with Crippen molar-refractivity contribution in [3.8, 4) is 0 Å². The highest BCUT2D eigenvalue weighted by molar-refractivity contribution is 5.76. The van der Waals surface area contributed by atoms with Crippen LogP contribution in [0, 0.1) is 17.3 Å². The van der Waals surface area contributed by atoms with E-state index < -0.39 is 0 Å². The Labute approximate surface area is 111 Å². The number of carbonyl (C=O) groups excluding carboxylic acids is 1. The van der Waals surface area contributed by atoms with Crippen molar-refractivity contribution >= 4 is 5.91 Å². The van der Waals surface area contributed by atoms with Crippen LogP contribution in [0.15, 0.2) is 0 Å². The number of carbonyl (C=O) groups is 1. The summed E-state index contributed by atoms with van der Waals surface area (Å²) in [4.78, 5) is 12.0. The van der Waals surface area contributed by atoms with Crippen molar-refractivity contribution in [1.82, 2.24) is 5.32 Å². The topological polar surface area (TPSA) is 55.1 Å². The molecule has 0 unspecified atom stereocenters. The number of nitrogens with one attached hydrogen (secondary N) is 1. The minimum absolute atomic E-state index is 0.144. The molecule has 3 N–H and O–H groups in total. The average Bonchev–Trinajstić information content (AvgIpc) is 2.33. The lowest BCUT2D eigenvalue weighted by atomic mass is 9.66. The molecule has 0 aromatic carbocycles. The molecule has 18 heavy (non-hydrogen) atoms. The average molecular weight is 252 g/mol. The highest BCUT2D eigenvalue weighted by atomic mass is 16.1. The van der Waals surface area contributed by atoms with Crippen molar-refractivity contribution in [2.75, 3.05) is 13.1 Å². The minimum Gasteiger partial charge on any atom is -0.356 e. The Bertz CT molecular complexity index is 273. The van der Waals surface area contributed by atoms with E-state index >= 15 is 0 Å². The number of nitrogens with two attached hydrogens (primary N) is 1. The molecule has 0 saturated heterocycles. The summed E-state index contributed by atoms with van der Waals surface area (Å²) >= 11 is 0. The molecular weight excluding hydrogens is 224 g/mol. The fourth-order valence-corrected chi connectivity index (χ4v) is 3.32. The first-order chi connectivity index (χ1) is 8.63. The predicted octanol–water partition coefficient (Wildman–Crippen LogP) is 2.45. The molecule has 0 spiro atoms. The van der Waals surface area contributed by atoms with E-state index in [0.29, 0.717) is 18.9 Å². The molecule has 0 heterocycles. The Hall–Kier alpha value is -0.570. The van der Waals surface area contributed by atoms with Crippen LogP contribution in [0.2, 0.25) is 0 Å². The highest BCUT2D eigenvalue weighted by Crippen LogP contribution is 2.42. The Balaban J connectivity index is 1.65. The van der Waals surface area contributed by atoms with Gasteiger partial charge < -0.3 is 11.1 Å². The third-order valence-electron chi connectivity index (χ3n) is 5.11. The fourth-order valence-electron chi connectivity index (χ4n) is 3.32. The van der Waals surface area contributed by atoms with Gasteiger partial charge in [0.05, 0.1) is 0 Å². The molecule has 2 aliphatic carbocycles. The number of hydrogen-bond donors (Lipinski definition) is 2. The zero-order chi connectivity index (χ0) is 13.0. The van der Waals surface area contributed by atoms with Crippen molar-refractivity contribution in [2.45, 2.75) is 58.3 Å². The van der Waals surface area contributed by atoms with Gasteiger partial charge in [0.2, 0.25) is 5.91 Å². The lowest BCUT2D eigenvalue weighted by Gasteiger charge is -2.40. The van der Waals surface area contributed by atoms with Gasteiger partial charge in [0.25, 0.3) is 0 Å². The van der Waals surface area contributed by atoms with Gasteiger partial charge in [0.15, 0.2) is 0 Å². The van der Waals surface area contributed by atoms with Crippen molar-refractivity contribution in [1.29, 1.82) is 0 Å². The second kappa shape index (κ2) is 6.05. The Morgan fingerprint density at radius 3 is 2.44 bits per heavy atom. The van der Waals surface area contributed by atoms with Gasteiger partial charge in [-0.1, -0.05) is 26.2 Å². The summed E-state index contributed by atoms with van der Waals surface area (Å²) < 4.78 is 0. The molecule has 0 atom stereocenters. The molecule has 2 saturated carbocycles. The highest BCUT2D eigenvalue weighted by Gasteiger charge is 2.37. The molecular formula is C15H28N2O. The monoisotopic (exact) mass is 252 g/mol. The molecule has 0 aliphatic heterocycles. The Morgan fingerprint density at radius 1 is 1.28 bits per heavy atom. The maximum Gasteiger partial charge on any atom is 0.220 e. The largest absolute Gasteiger partial charge is 0.356 e. The van der Waals surface area contributed by atoms with Gasteiger partial charge in [-0.25, -0.2) is 0 Å². The zero-order valence-electron chi connectivity index (χ0n) is 11.7. The van der Waals surface area contributed by atoms with Gasteiger partial charge in [-0.05, 0) is 49.5 Å². The van der Waals surface area contributed by atoms with E-state index in [9.17, 15) is 4.79 Å². The van der Waals surface area contributed by atoms with Gasteiger partial charge in [-0.2, -0.15) is 0 Å². The quantitative estimate of drug-likeness (QED) is 0.789. The number of rotatable bonds is 5. The molecule has 2 rings (SSSR count). The molecule has 3 nitrogen and oxygen atoms in total. The Kier molecular flexibility index (Phi) is 4.66. The number of amides is 1. The molecule has 0 aromatic heterocycles. The van der Waals surface area contributed by atoms with Crippen molar-refractivity contribution in [2.24, 2.45) is 23.0 Å². The first-order valence-electron chi connectivity index (χ1n) is 7.60. The van der Waals surface area contributed by atoms with Crippen LogP contribution in [0.3, 0.4) is 0 Å². The summed E-state index contributed by atoms with van der Waals surface area (Å²) in [5, 5.41) is 3.13. The first-order valence-corrected chi connectivity index (χ1v) is 7.60. The van der Waals surface area contributed by atoms with Crippen LogP contribution in [-0.4, -0.2) is 19.0 Å². The van der Waals surface area contributed by atoms with E-state index in [1.54, 1.807) is 0 Å². The molecule has 0 radical (unpaired) electrons. The second-order valence-corrected chi connectivity index (χ2v) is 6.66. The minimum atomic E-state index is 0.144. The second-order valence-electron chi connectivity index (χ2n) is 6.66. The van der Waals surface area contributed by atoms with Crippen molar-refractivity contribution < 1.29 is 4.79 Å². The molecule has 2 fully saturated rings. The lowest BCUT2D eigenvalue weighted by Crippen LogP contribution is -2.42. The molecule has 0 bridgehead atoms. The van der Waals surface area contributed by atoms with E-state index in [2.05, 4.69) is 12.2 Å². The number of hydrogen-bond acceptors (Lipinski definition) is 2. The van der Waals surface area contributed by atoms with E-state index in [-0.39, 0.29) is 11.3 Å².